The molecule has 4 heterocycles. The third-order valence-electron chi connectivity index (χ3n) is 7.97. The Hall–Kier alpha value is -2.59. The van der Waals surface area contributed by atoms with Gasteiger partial charge in [-0.05, 0) is 44.2 Å². The Kier molecular flexibility index (Phi) is 6.88. The molecule has 3 aliphatic rings. The minimum Gasteiger partial charge on any atom is -0.490 e. The third-order valence-corrected chi connectivity index (χ3v) is 8.62. The van der Waals surface area contributed by atoms with Gasteiger partial charge in [0.2, 0.25) is 0 Å². The van der Waals surface area contributed by atoms with E-state index in [9.17, 15) is 9.59 Å². The molecule has 38 heavy (non-hydrogen) atoms. The second-order valence-electron chi connectivity index (χ2n) is 10.8. The first kappa shape index (κ1) is 25.7. The maximum atomic E-state index is 12.7. The Balaban J connectivity index is 0.987. The standard InChI is InChI=1S/C27H31Cl2N5O4/c1-32-14-19(28)23-18(25(32)35)5-4-6-21(23)38-17-11-27(12-17)15-33(16-27)9-8-30-20-13-31-34(26(36)24(20)29)22-7-2-3-10-37-22/h4-6,13-14,17,22,30H,2-3,7-12,15-16H2,1H3. The van der Waals surface area contributed by atoms with E-state index in [0.717, 1.165) is 51.7 Å². The van der Waals surface area contributed by atoms with Gasteiger partial charge in [0.25, 0.3) is 11.1 Å². The molecule has 1 N–H and O–H groups in total. The molecule has 0 bridgehead atoms. The highest BCUT2D eigenvalue weighted by Gasteiger charge is 2.53. The van der Waals surface area contributed by atoms with E-state index in [2.05, 4.69) is 15.3 Å². The highest BCUT2D eigenvalue weighted by molar-refractivity contribution is 6.36. The van der Waals surface area contributed by atoms with Gasteiger partial charge in [-0.15, -0.1) is 0 Å². The second kappa shape index (κ2) is 10.2. The minimum atomic E-state index is -0.333. The van der Waals surface area contributed by atoms with Crippen molar-refractivity contribution >= 4 is 39.7 Å². The molecule has 3 aromatic rings. The molecule has 1 spiro atoms. The molecule has 2 aromatic heterocycles. The zero-order chi connectivity index (χ0) is 26.4. The van der Waals surface area contributed by atoms with E-state index >= 15 is 0 Å². The van der Waals surface area contributed by atoms with E-state index in [0.29, 0.717) is 40.4 Å². The fourth-order valence-electron chi connectivity index (χ4n) is 6.06. The van der Waals surface area contributed by atoms with E-state index in [-0.39, 0.29) is 33.9 Å². The Morgan fingerprint density at radius 2 is 2.00 bits per heavy atom. The number of benzene rings is 1. The number of nitrogens with one attached hydrogen (secondary N) is 1. The molecule has 9 nitrogen and oxygen atoms in total. The molecular weight excluding hydrogens is 529 g/mol. The van der Waals surface area contributed by atoms with Gasteiger partial charge in [-0.1, -0.05) is 29.3 Å². The van der Waals surface area contributed by atoms with E-state index in [1.165, 1.54) is 9.25 Å². The lowest BCUT2D eigenvalue weighted by molar-refractivity contribution is -0.117. The SMILES string of the molecule is Cn1cc(Cl)c2c(OC3CC4(C3)CN(CCNc3cnn(C5CCCCO5)c(=O)c3Cl)C4)cccc2c1=O. The number of fused-ring (bicyclic) bond motifs is 1. The van der Waals surface area contributed by atoms with Gasteiger partial charge in [0, 0.05) is 56.8 Å². The number of aryl methyl sites for hydroxylation is 1. The molecule has 1 unspecified atom stereocenters. The summed E-state index contributed by atoms with van der Waals surface area (Å²) in [4.78, 5) is 27.6. The van der Waals surface area contributed by atoms with Crippen LogP contribution >= 0.6 is 23.2 Å². The molecule has 1 saturated carbocycles. The summed E-state index contributed by atoms with van der Waals surface area (Å²) >= 11 is 12.8. The summed E-state index contributed by atoms with van der Waals surface area (Å²) in [6.45, 7) is 4.18. The van der Waals surface area contributed by atoms with Crippen molar-refractivity contribution in [2.24, 2.45) is 12.5 Å². The van der Waals surface area contributed by atoms with Crippen LogP contribution in [0.5, 0.6) is 5.75 Å². The van der Waals surface area contributed by atoms with Gasteiger partial charge >= 0.3 is 0 Å². The summed E-state index contributed by atoms with van der Waals surface area (Å²) in [6, 6.07) is 5.52. The Morgan fingerprint density at radius 3 is 2.76 bits per heavy atom. The minimum absolute atomic E-state index is 0.0837. The molecule has 2 aliphatic heterocycles. The summed E-state index contributed by atoms with van der Waals surface area (Å²) < 4.78 is 14.8. The van der Waals surface area contributed by atoms with Crippen LogP contribution in [0.25, 0.3) is 10.8 Å². The van der Waals surface area contributed by atoms with Crippen molar-refractivity contribution in [3.05, 3.63) is 61.3 Å². The lowest BCUT2D eigenvalue weighted by Crippen LogP contribution is -2.65. The second-order valence-corrected chi connectivity index (χ2v) is 11.6. The molecule has 1 atom stereocenters. The first-order valence-corrected chi connectivity index (χ1v) is 13.9. The van der Waals surface area contributed by atoms with Crippen LogP contribution in [0, 0.1) is 5.41 Å². The van der Waals surface area contributed by atoms with E-state index in [1.807, 2.05) is 12.1 Å². The van der Waals surface area contributed by atoms with Gasteiger partial charge < -0.3 is 24.3 Å². The van der Waals surface area contributed by atoms with Gasteiger partial charge in [-0.2, -0.15) is 9.78 Å². The van der Waals surface area contributed by atoms with Gasteiger partial charge in [0.15, 0.2) is 6.23 Å². The van der Waals surface area contributed by atoms with Crippen LogP contribution in [0.4, 0.5) is 5.69 Å². The summed E-state index contributed by atoms with van der Waals surface area (Å²) in [6.07, 6.45) is 7.78. The normalized spacial score (nSPS) is 21.3. The predicted molar refractivity (Wildman–Crippen MR) is 148 cm³/mol. The Morgan fingerprint density at radius 1 is 1.18 bits per heavy atom. The van der Waals surface area contributed by atoms with Gasteiger partial charge in [-0.25, -0.2) is 0 Å². The van der Waals surface area contributed by atoms with Gasteiger partial charge in [-0.3, -0.25) is 9.59 Å². The summed E-state index contributed by atoms with van der Waals surface area (Å²) in [5.74, 6) is 0.674. The average molecular weight is 560 g/mol. The molecule has 1 aromatic carbocycles. The lowest BCUT2D eigenvalue weighted by Gasteiger charge is -2.58. The lowest BCUT2D eigenvalue weighted by atomic mass is 9.62. The molecule has 1 aliphatic carbocycles. The zero-order valence-electron chi connectivity index (χ0n) is 21.3. The van der Waals surface area contributed by atoms with Crippen LogP contribution in [0.1, 0.15) is 38.3 Å². The van der Waals surface area contributed by atoms with E-state index in [1.54, 1.807) is 25.5 Å². The number of hydrogen-bond donors (Lipinski definition) is 1. The smallest absolute Gasteiger partial charge is 0.290 e. The van der Waals surface area contributed by atoms with Crippen molar-refractivity contribution in [1.29, 1.82) is 0 Å². The van der Waals surface area contributed by atoms with Crippen molar-refractivity contribution in [2.45, 2.75) is 44.4 Å². The predicted octanol–water partition coefficient (Wildman–Crippen LogP) is 4.06. The number of anilines is 1. The van der Waals surface area contributed by atoms with Crippen LogP contribution in [-0.4, -0.2) is 58.1 Å². The molecule has 2 saturated heterocycles. The fourth-order valence-corrected chi connectivity index (χ4v) is 6.61. The summed E-state index contributed by atoms with van der Waals surface area (Å²) in [5, 5.41) is 9.49. The van der Waals surface area contributed by atoms with Crippen LogP contribution in [-0.2, 0) is 11.8 Å². The highest BCUT2D eigenvalue weighted by atomic mass is 35.5. The number of hydrogen-bond acceptors (Lipinski definition) is 7. The molecule has 202 valence electrons. The summed E-state index contributed by atoms with van der Waals surface area (Å²) in [7, 11) is 1.70. The number of aromatic nitrogens is 3. The van der Waals surface area contributed by atoms with E-state index < -0.39 is 0 Å². The van der Waals surface area contributed by atoms with Crippen LogP contribution in [0.3, 0.4) is 0 Å². The number of pyridine rings is 1. The molecule has 0 amide bonds. The maximum absolute atomic E-state index is 12.7. The van der Waals surface area contributed by atoms with Crippen molar-refractivity contribution < 1.29 is 9.47 Å². The van der Waals surface area contributed by atoms with Gasteiger partial charge in [0.05, 0.1) is 28.4 Å². The zero-order valence-corrected chi connectivity index (χ0v) is 22.8. The number of likely N-dealkylation sites (tertiary alicyclic amines) is 1. The fraction of sp³-hybridized carbons (Fsp3) is 0.519. The number of ether oxygens (including phenoxy) is 2. The van der Waals surface area contributed by atoms with Crippen molar-refractivity contribution in [1.82, 2.24) is 19.2 Å². The van der Waals surface area contributed by atoms with Crippen LogP contribution in [0.15, 0.2) is 40.2 Å². The number of nitrogens with zero attached hydrogens (tertiary/aromatic N) is 4. The number of rotatable bonds is 7. The Labute approximate surface area is 230 Å². The first-order chi connectivity index (χ1) is 18.3. The molecule has 3 fully saturated rings. The van der Waals surface area contributed by atoms with Gasteiger partial charge in [0.1, 0.15) is 10.8 Å². The Bertz CT molecular complexity index is 1470. The van der Waals surface area contributed by atoms with Crippen LogP contribution < -0.4 is 21.2 Å². The van der Waals surface area contributed by atoms with Crippen molar-refractivity contribution in [2.75, 3.05) is 38.1 Å². The highest BCUT2D eigenvalue weighted by Crippen LogP contribution is 2.50. The average Bonchev–Trinajstić information content (AvgIpc) is 2.87. The summed E-state index contributed by atoms with van der Waals surface area (Å²) in [5.41, 5.74) is 0.439. The molecule has 6 rings (SSSR count). The largest absolute Gasteiger partial charge is 0.490 e. The quantitative estimate of drug-likeness (QED) is 0.466. The molecule has 0 radical (unpaired) electrons. The molecule has 11 heteroatoms. The number of halogens is 2. The van der Waals surface area contributed by atoms with Crippen molar-refractivity contribution in [3.63, 3.8) is 0 Å². The molecular formula is C27H31Cl2N5O4. The maximum Gasteiger partial charge on any atom is 0.290 e. The van der Waals surface area contributed by atoms with Crippen LogP contribution in [0.2, 0.25) is 10.0 Å². The third kappa shape index (κ3) is 4.70. The first-order valence-electron chi connectivity index (χ1n) is 13.1. The van der Waals surface area contributed by atoms with Crippen molar-refractivity contribution in [3.8, 4) is 5.75 Å². The monoisotopic (exact) mass is 559 g/mol. The topological polar surface area (TPSA) is 90.6 Å². The van der Waals surface area contributed by atoms with E-state index in [4.69, 9.17) is 32.7 Å².